The zero-order chi connectivity index (χ0) is 9.28. The van der Waals surface area contributed by atoms with Crippen molar-refractivity contribution in [2.24, 2.45) is 5.73 Å². The lowest BCUT2D eigenvalue weighted by Crippen LogP contribution is -2.05. The van der Waals surface area contributed by atoms with Gasteiger partial charge >= 0.3 is 0 Å². The van der Waals surface area contributed by atoms with Gasteiger partial charge in [0.1, 0.15) is 0 Å². The first-order valence-electron chi connectivity index (χ1n) is 5.15. The molecule has 0 heterocycles. The predicted octanol–water partition coefficient (Wildman–Crippen LogP) is 2.36. The molecule has 2 aliphatic carbocycles. The summed E-state index contributed by atoms with van der Waals surface area (Å²) < 4.78 is 0. The van der Waals surface area contributed by atoms with Crippen LogP contribution >= 0.6 is 0 Å². The van der Waals surface area contributed by atoms with Crippen molar-refractivity contribution in [1.29, 1.82) is 0 Å². The van der Waals surface area contributed by atoms with Crippen LogP contribution in [0.15, 0.2) is 36.4 Å². The van der Waals surface area contributed by atoms with E-state index >= 15 is 0 Å². The Labute approximate surface area is 82.5 Å². The fourth-order valence-corrected chi connectivity index (χ4v) is 3.09. The maximum atomic E-state index is 6.06. The van der Waals surface area contributed by atoms with Crippen molar-refractivity contribution in [1.82, 2.24) is 0 Å². The van der Waals surface area contributed by atoms with Gasteiger partial charge in [0.15, 0.2) is 0 Å². The SMILES string of the molecule is NC1[C@H]2c3cccc4cccc(c34)[C@@H]12. The molecule has 1 fully saturated rings. The van der Waals surface area contributed by atoms with E-state index in [0.29, 0.717) is 17.9 Å². The van der Waals surface area contributed by atoms with Gasteiger partial charge in [-0.2, -0.15) is 0 Å². The largest absolute Gasteiger partial charge is 0.327 e. The zero-order valence-electron chi connectivity index (χ0n) is 7.77. The number of hydrogen-bond acceptors (Lipinski definition) is 1. The molecule has 3 atom stereocenters. The number of rotatable bonds is 0. The second-order valence-electron chi connectivity index (χ2n) is 4.42. The molecule has 0 amide bonds. The average molecular weight is 181 g/mol. The first-order chi connectivity index (χ1) is 6.88. The Hall–Kier alpha value is -1.34. The summed E-state index contributed by atoms with van der Waals surface area (Å²) in [7, 11) is 0. The van der Waals surface area contributed by atoms with Gasteiger partial charge in [0.25, 0.3) is 0 Å². The molecular formula is C13H11N. The summed E-state index contributed by atoms with van der Waals surface area (Å²) in [5.74, 6) is 1.24. The van der Waals surface area contributed by atoms with E-state index in [1.54, 1.807) is 0 Å². The van der Waals surface area contributed by atoms with Crippen molar-refractivity contribution < 1.29 is 0 Å². The van der Waals surface area contributed by atoms with E-state index in [-0.39, 0.29) is 0 Å². The van der Waals surface area contributed by atoms with Crippen LogP contribution in [0.25, 0.3) is 10.8 Å². The minimum absolute atomic E-state index is 0.385. The van der Waals surface area contributed by atoms with E-state index in [4.69, 9.17) is 5.73 Å². The maximum Gasteiger partial charge on any atom is 0.0191 e. The van der Waals surface area contributed by atoms with Gasteiger partial charge in [-0.1, -0.05) is 36.4 Å². The highest BCUT2D eigenvalue weighted by Crippen LogP contribution is 2.61. The molecule has 0 saturated heterocycles. The molecule has 1 nitrogen and oxygen atoms in total. The summed E-state index contributed by atoms with van der Waals surface area (Å²) in [4.78, 5) is 0. The van der Waals surface area contributed by atoms with E-state index in [2.05, 4.69) is 36.4 Å². The molecule has 0 aliphatic heterocycles. The number of fused-ring (bicyclic) bond motifs is 3. The Morgan fingerprint density at radius 2 is 1.43 bits per heavy atom. The van der Waals surface area contributed by atoms with Crippen LogP contribution in [0.1, 0.15) is 23.0 Å². The minimum Gasteiger partial charge on any atom is -0.327 e. The fraction of sp³-hybridized carbons (Fsp3) is 0.231. The lowest BCUT2D eigenvalue weighted by Gasteiger charge is -2.06. The van der Waals surface area contributed by atoms with Gasteiger partial charge in [0.2, 0.25) is 0 Å². The van der Waals surface area contributed by atoms with E-state index in [1.807, 2.05) is 0 Å². The average Bonchev–Trinajstić information content (AvgIpc) is 2.74. The Balaban J connectivity index is 2.19. The molecule has 14 heavy (non-hydrogen) atoms. The summed E-state index contributed by atoms with van der Waals surface area (Å²) in [5.41, 5.74) is 9.03. The van der Waals surface area contributed by atoms with E-state index in [0.717, 1.165) is 0 Å². The van der Waals surface area contributed by atoms with E-state index < -0.39 is 0 Å². The van der Waals surface area contributed by atoms with Crippen molar-refractivity contribution >= 4 is 10.8 Å². The molecule has 0 aromatic heterocycles. The van der Waals surface area contributed by atoms with Gasteiger partial charge in [-0.15, -0.1) is 0 Å². The van der Waals surface area contributed by atoms with Crippen LogP contribution in [0.5, 0.6) is 0 Å². The molecule has 1 saturated carbocycles. The fourth-order valence-electron chi connectivity index (χ4n) is 3.09. The second kappa shape index (κ2) is 2.01. The van der Waals surface area contributed by atoms with E-state index in [9.17, 15) is 0 Å². The lowest BCUT2D eigenvalue weighted by atomic mass is 10.0. The van der Waals surface area contributed by atoms with Crippen LogP contribution < -0.4 is 5.73 Å². The third-order valence-corrected chi connectivity index (χ3v) is 3.76. The smallest absolute Gasteiger partial charge is 0.0191 e. The summed E-state index contributed by atoms with van der Waals surface area (Å²) >= 11 is 0. The van der Waals surface area contributed by atoms with E-state index in [1.165, 1.54) is 21.9 Å². The van der Waals surface area contributed by atoms with Crippen LogP contribution in [0.3, 0.4) is 0 Å². The van der Waals surface area contributed by atoms with Gasteiger partial charge in [-0.25, -0.2) is 0 Å². The zero-order valence-corrected chi connectivity index (χ0v) is 7.77. The highest BCUT2D eigenvalue weighted by Gasteiger charge is 2.54. The lowest BCUT2D eigenvalue weighted by molar-refractivity contribution is 0.976. The van der Waals surface area contributed by atoms with Crippen molar-refractivity contribution in [3.8, 4) is 0 Å². The standard InChI is InChI=1S/C13H11N/c14-13-11-8-5-1-3-7-4-2-6-9(10(7)8)12(11)13/h1-6,11-13H,14H2/t11-,12+,13?. The number of nitrogens with two attached hydrogens (primary N) is 1. The molecule has 1 unspecified atom stereocenters. The Morgan fingerprint density at radius 1 is 0.857 bits per heavy atom. The monoisotopic (exact) mass is 181 g/mol. The number of hydrogen-bond donors (Lipinski definition) is 1. The third-order valence-electron chi connectivity index (χ3n) is 3.76. The highest BCUT2D eigenvalue weighted by atomic mass is 14.8. The molecular weight excluding hydrogens is 170 g/mol. The molecule has 68 valence electrons. The Morgan fingerprint density at radius 3 is 2.00 bits per heavy atom. The molecule has 2 N–H and O–H groups in total. The van der Waals surface area contributed by atoms with Crippen molar-refractivity contribution in [3.63, 3.8) is 0 Å². The Kier molecular flexibility index (Phi) is 1.01. The Bertz CT molecular complexity index is 499. The van der Waals surface area contributed by atoms with Crippen LogP contribution in [-0.2, 0) is 0 Å². The molecule has 4 rings (SSSR count). The summed E-state index contributed by atoms with van der Waals surface area (Å²) in [5, 5.41) is 2.85. The van der Waals surface area contributed by atoms with Gasteiger partial charge in [0, 0.05) is 17.9 Å². The molecule has 1 heteroatoms. The van der Waals surface area contributed by atoms with Gasteiger partial charge in [0.05, 0.1) is 0 Å². The third kappa shape index (κ3) is 0.602. The first-order valence-corrected chi connectivity index (χ1v) is 5.15. The predicted molar refractivity (Wildman–Crippen MR) is 57.4 cm³/mol. The molecule has 0 bridgehead atoms. The van der Waals surface area contributed by atoms with Crippen LogP contribution in [-0.4, -0.2) is 6.04 Å². The first kappa shape index (κ1) is 7.02. The summed E-state index contributed by atoms with van der Waals surface area (Å²) in [6.07, 6.45) is 0. The molecule has 0 radical (unpaired) electrons. The van der Waals surface area contributed by atoms with Crippen LogP contribution in [0.4, 0.5) is 0 Å². The molecule has 0 spiro atoms. The molecule has 2 aromatic rings. The summed E-state index contributed by atoms with van der Waals surface area (Å²) in [6.45, 7) is 0. The summed E-state index contributed by atoms with van der Waals surface area (Å²) in [6, 6.07) is 13.5. The maximum absolute atomic E-state index is 6.06. The molecule has 2 aliphatic rings. The van der Waals surface area contributed by atoms with Crippen LogP contribution in [0, 0.1) is 0 Å². The van der Waals surface area contributed by atoms with Gasteiger partial charge in [-0.3, -0.25) is 0 Å². The molecule has 2 aromatic carbocycles. The normalized spacial score (nSPS) is 31.9. The van der Waals surface area contributed by atoms with Crippen molar-refractivity contribution in [3.05, 3.63) is 47.5 Å². The quantitative estimate of drug-likeness (QED) is 0.663. The topological polar surface area (TPSA) is 26.0 Å². The minimum atomic E-state index is 0.385. The van der Waals surface area contributed by atoms with Gasteiger partial charge in [-0.05, 0) is 21.9 Å². The number of benzene rings is 2. The second-order valence-corrected chi connectivity index (χ2v) is 4.42. The van der Waals surface area contributed by atoms with Crippen molar-refractivity contribution in [2.75, 3.05) is 0 Å². The van der Waals surface area contributed by atoms with Crippen molar-refractivity contribution in [2.45, 2.75) is 17.9 Å². The highest BCUT2D eigenvalue weighted by molar-refractivity contribution is 5.94. The van der Waals surface area contributed by atoms with Gasteiger partial charge < -0.3 is 5.73 Å². The van der Waals surface area contributed by atoms with Crippen LogP contribution in [0.2, 0.25) is 0 Å².